The fraction of sp³-hybridized carbons (Fsp3) is 0.429. The summed E-state index contributed by atoms with van der Waals surface area (Å²) in [5, 5.41) is 8.71. The first kappa shape index (κ1) is 14.6. The molecule has 0 spiro atoms. The van der Waals surface area contributed by atoms with Crippen LogP contribution in [0.1, 0.15) is 20.1 Å². The number of amides is 2. The van der Waals surface area contributed by atoms with E-state index in [4.69, 9.17) is 5.11 Å². The fourth-order valence-corrected chi connectivity index (χ4v) is 2.93. The zero-order valence-corrected chi connectivity index (χ0v) is 12.3. The Hall–Kier alpha value is -1.84. The van der Waals surface area contributed by atoms with E-state index in [0.717, 1.165) is 10.4 Å². The van der Waals surface area contributed by atoms with Crippen molar-refractivity contribution < 1.29 is 14.7 Å². The second-order valence-electron chi connectivity index (χ2n) is 4.62. The molecule has 2 heterocycles. The van der Waals surface area contributed by atoms with E-state index < -0.39 is 0 Å². The van der Waals surface area contributed by atoms with E-state index in [-0.39, 0.29) is 25.0 Å². The van der Waals surface area contributed by atoms with Crippen molar-refractivity contribution in [1.29, 1.82) is 0 Å². The highest BCUT2D eigenvalue weighted by atomic mass is 32.1. The van der Waals surface area contributed by atoms with Crippen LogP contribution in [0, 0.1) is 18.8 Å². The SMILES string of the molecule is Cc1cc(C(=O)N2CCN(C)C(=O)C2)sc1C#CCO. The Kier molecular flexibility index (Phi) is 4.42. The first-order valence-corrected chi connectivity index (χ1v) is 7.08. The monoisotopic (exact) mass is 292 g/mol. The molecule has 1 aromatic rings. The van der Waals surface area contributed by atoms with E-state index in [2.05, 4.69) is 11.8 Å². The van der Waals surface area contributed by atoms with Crippen molar-refractivity contribution in [3.8, 4) is 11.8 Å². The van der Waals surface area contributed by atoms with Crippen molar-refractivity contribution in [2.75, 3.05) is 33.3 Å². The van der Waals surface area contributed by atoms with Gasteiger partial charge >= 0.3 is 0 Å². The van der Waals surface area contributed by atoms with Gasteiger partial charge in [0.15, 0.2) is 0 Å². The molecule has 6 heteroatoms. The Morgan fingerprint density at radius 1 is 1.50 bits per heavy atom. The maximum absolute atomic E-state index is 12.4. The smallest absolute Gasteiger partial charge is 0.264 e. The lowest BCUT2D eigenvalue weighted by atomic mass is 10.2. The minimum absolute atomic E-state index is 0.0434. The average Bonchev–Trinajstić information content (AvgIpc) is 2.80. The Bertz CT molecular complexity index is 597. The van der Waals surface area contributed by atoms with Gasteiger partial charge in [-0.15, -0.1) is 11.3 Å². The van der Waals surface area contributed by atoms with Gasteiger partial charge in [0, 0.05) is 20.1 Å². The summed E-state index contributed by atoms with van der Waals surface area (Å²) >= 11 is 1.30. The van der Waals surface area contributed by atoms with Crippen LogP contribution in [0.4, 0.5) is 0 Å². The summed E-state index contributed by atoms with van der Waals surface area (Å²) in [4.78, 5) is 28.6. The molecule has 0 bridgehead atoms. The lowest BCUT2D eigenvalue weighted by molar-refractivity contribution is -0.133. The lowest BCUT2D eigenvalue weighted by Crippen LogP contribution is -2.50. The normalized spacial score (nSPS) is 15.1. The Morgan fingerprint density at radius 3 is 2.90 bits per heavy atom. The molecule has 1 aromatic heterocycles. The van der Waals surface area contributed by atoms with Gasteiger partial charge in [-0.2, -0.15) is 0 Å². The van der Waals surface area contributed by atoms with Crippen LogP contribution < -0.4 is 0 Å². The third-order valence-corrected chi connectivity index (χ3v) is 4.29. The first-order chi connectivity index (χ1) is 9.52. The van der Waals surface area contributed by atoms with Gasteiger partial charge in [0.05, 0.1) is 9.75 Å². The van der Waals surface area contributed by atoms with E-state index in [1.54, 1.807) is 22.9 Å². The molecule has 0 atom stereocenters. The molecule has 0 aromatic carbocycles. The highest BCUT2D eigenvalue weighted by Crippen LogP contribution is 2.23. The zero-order chi connectivity index (χ0) is 14.7. The van der Waals surface area contributed by atoms with E-state index in [1.807, 2.05) is 6.92 Å². The molecule has 2 amide bonds. The summed E-state index contributed by atoms with van der Waals surface area (Å²) in [7, 11) is 1.74. The number of rotatable bonds is 1. The number of carbonyl (C=O) groups excluding carboxylic acids is 2. The van der Waals surface area contributed by atoms with E-state index >= 15 is 0 Å². The van der Waals surface area contributed by atoms with Gasteiger partial charge in [-0.25, -0.2) is 0 Å². The largest absolute Gasteiger partial charge is 0.384 e. The van der Waals surface area contributed by atoms with E-state index in [1.165, 1.54) is 11.3 Å². The summed E-state index contributed by atoms with van der Waals surface area (Å²) in [6, 6.07) is 1.79. The summed E-state index contributed by atoms with van der Waals surface area (Å²) < 4.78 is 0. The molecule has 0 aliphatic carbocycles. The highest BCUT2D eigenvalue weighted by molar-refractivity contribution is 7.14. The second-order valence-corrected chi connectivity index (χ2v) is 5.68. The number of likely N-dealkylation sites (N-methyl/N-ethyl adjacent to an activating group) is 1. The number of aryl methyl sites for hydroxylation is 1. The lowest BCUT2D eigenvalue weighted by Gasteiger charge is -2.31. The van der Waals surface area contributed by atoms with Crippen LogP contribution in [-0.4, -0.2) is 60.0 Å². The molecule has 0 radical (unpaired) electrons. The van der Waals surface area contributed by atoms with Gasteiger partial charge in [-0.05, 0) is 18.6 Å². The molecule has 5 nitrogen and oxygen atoms in total. The summed E-state index contributed by atoms with van der Waals surface area (Å²) in [6.07, 6.45) is 0. The number of hydrogen-bond donors (Lipinski definition) is 1. The Labute approximate surface area is 121 Å². The molecule has 1 N–H and O–H groups in total. The predicted molar refractivity (Wildman–Crippen MR) is 76.6 cm³/mol. The van der Waals surface area contributed by atoms with Crippen molar-refractivity contribution in [2.45, 2.75) is 6.92 Å². The number of nitrogens with zero attached hydrogens (tertiary/aromatic N) is 2. The van der Waals surface area contributed by atoms with Crippen molar-refractivity contribution in [1.82, 2.24) is 9.80 Å². The molecular formula is C14H16N2O3S. The summed E-state index contributed by atoms with van der Waals surface area (Å²) in [5.41, 5.74) is 0.916. The Morgan fingerprint density at radius 2 is 2.25 bits per heavy atom. The van der Waals surface area contributed by atoms with Gasteiger partial charge in [0.25, 0.3) is 5.91 Å². The molecular weight excluding hydrogens is 276 g/mol. The topological polar surface area (TPSA) is 60.9 Å². The fourth-order valence-electron chi connectivity index (χ4n) is 1.92. The van der Waals surface area contributed by atoms with Crippen LogP contribution in [0.3, 0.4) is 0 Å². The minimum Gasteiger partial charge on any atom is -0.384 e. The van der Waals surface area contributed by atoms with Gasteiger partial charge in [0.1, 0.15) is 13.2 Å². The Balaban J connectivity index is 2.15. The first-order valence-electron chi connectivity index (χ1n) is 6.26. The number of thiophene rings is 1. The molecule has 2 rings (SSSR count). The van der Waals surface area contributed by atoms with Crippen LogP contribution >= 0.6 is 11.3 Å². The minimum atomic E-state index is -0.201. The molecule has 0 saturated carbocycles. The predicted octanol–water partition coefficient (Wildman–Crippen LogP) is 0.315. The molecule has 1 saturated heterocycles. The van der Waals surface area contributed by atoms with Crippen molar-refractivity contribution in [2.24, 2.45) is 0 Å². The third-order valence-electron chi connectivity index (χ3n) is 3.15. The molecule has 0 unspecified atom stereocenters. The summed E-state index contributed by atoms with van der Waals surface area (Å²) in [6.45, 7) is 2.92. The van der Waals surface area contributed by atoms with Crippen LogP contribution in [0.2, 0.25) is 0 Å². The number of piperazine rings is 1. The van der Waals surface area contributed by atoms with E-state index in [9.17, 15) is 9.59 Å². The molecule has 1 aliphatic rings. The number of carbonyl (C=O) groups is 2. The van der Waals surface area contributed by atoms with Crippen molar-refractivity contribution in [3.63, 3.8) is 0 Å². The van der Waals surface area contributed by atoms with Crippen LogP contribution in [0.5, 0.6) is 0 Å². The number of aliphatic hydroxyl groups is 1. The summed E-state index contributed by atoms with van der Waals surface area (Å²) in [5.74, 6) is 5.24. The standard InChI is InChI=1S/C14H16N2O3S/c1-10-8-12(20-11(10)4-3-7-17)14(19)16-6-5-15(2)13(18)9-16/h8,17H,5-7,9H2,1-2H3. The maximum atomic E-state index is 12.4. The van der Waals surface area contributed by atoms with Crippen molar-refractivity contribution in [3.05, 3.63) is 21.4 Å². The third kappa shape index (κ3) is 3.00. The average molecular weight is 292 g/mol. The number of aliphatic hydroxyl groups excluding tert-OH is 1. The highest BCUT2D eigenvalue weighted by Gasteiger charge is 2.26. The van der Waals surface area contributed by atoms with Gasteiger partial charge in [-0.1, -0.05) is 11.8 Å². The van der Waals surface area contributed by atoms with Gasteiger partial charge in [-0.3, -0.25) is 9.59 Å². The van der Waals surface area contributed by atoms with Gasteiger partial charge in [0.2, 0.25) is 5.91 Å². The maximum Gasteiger partial charge on any atom is 0.264 e. The van der Waals surface area contributed by atoms with Crippen LogP contribution in [0.25, 0.3) is 0 Å². The molecule has 106 valence electrons. The van der Waals surface area contributed by atoms with Crippen molar-refractivity contribution >= 4 is 23.2 Å². The second kappa shape index (κ2) is 6.07. The molecule has 20 heavy (non-hydrogen) atoms. The van der Waals surface area contributed by atoms with Crippen LogP contribution in [0.15, 0.2) is 6.07 Å². The zero-order valence-electron chi connectivity index (χ0n) is 11.5. The van der Waals surface area contributed by atoms with Gasteiger partial charge < -0.3 is 14.9 Å². The molecule has 1 fully saturated rings. The van der Waals surface area contributed by atoms with Crippen LogP contribution in [-0.2, 0) is 4.79 Å². The quantitative estimate of drug-likeness (QED) is 0.758. The number of hydrogen-bond acceptors (Lipinski definition) is 4. The van der Waals surface area contributed by atoms with E-state index in [0.29, 0.717) is 18.0 Å². The molecule has 1 aliphatic heterocycles.